The molecule has 110 valence electrons. The van der Waals surface area contributed by atoms with Crippen LogP contribution >= 0.6 is 0 Å². The third kappa shape index (κ3) is 3.76. The summed E-state index contributed by atoms with van der Waals surface area (Å²) in [6.07, 6.45) is 3.84. The fraction of sp³-hybridized carbons (Fsp3) is 0.375. The van der Waals surface area contributed by atoms with Crippen LogP contribution in [0.4, 0.5) is 5.69 Å². The minimum atomic E-state index is -0.409. The van der Waals surface area contributed by atoms with E-state index in [1.807, 2.05) is 30.0 Å². The lowest BCUT2D eigenvalue weighted by Crippen LogP contribution is -2.19. The molecule has 0 bridgehead atoms. The topological polar surface area (TPSA) is 65.4 Å². The Balaban J connectivity index is 2.16. The second-order valence-electron chi connectivity index (χ2n) is 5.06. The van der Waals surface area contributed by atoms with E-state index in [-0.39, 0.29) is 5.57 Å². The molecule has 1 aliphatic rings. The summed E-state index contributed by atoms with van der Waals surface area (Å²) in [4.78, 5) is 14.2. The molecule has 0 atom stereocenters. The van der Waals surface area contributed by atoms with Crippen LogP contribution in [0.3, 0.4) is 0 Å². The summed E-state index contributed by atoms with van der Waals surface area (Å²) in [5.74, 6) is 0.167. The molecular weight excluding hydrogens is 266 g/mol. The van der Waals surface area contributed by atoms with Gasteiger partial charge in [-0.25, -0.2) is 0 Å². The normalized spacial score (nSPS) is 14.7. The van der Waals surface area contributed by atoms with Crippen molar-refractivity contribution in [1.82, 2.24) is 4.90 Å². The van der Waals surface area contributed by atoms with Crippen LogP contribution in [0, 0.1) is 18.3 Å². The summed E-state index contributed by atoms with van der Waals surface area (Å²) >= 11 is 0. The summed E-state index contributed by atoms with van der Waals surface area (Å²) < 4.78 is 5.22. The molecular formula is C16H19N3O2. The molecule has 1 aromatic rings. The number of aryl methyl sites for hydroxylation is 1. The van der Waals surface area contributed by atoms with Crippen LogP contribution in [0.25, 0.3) is 0 Å². The fourth-order valence-corrected chi connectivity index (χ4v) is 2.30. The van der Waals surface area contributed by atoms with Crippen molar-refractivity contribution in [3.63, 3.8) is 0 Å². The van der Waals surface area contributed by atoms with E-state index >= 15 is 0 Å². The van der Waals surface area contributed by atoms with E-state index in [9.17, 15) is 10.1 Å². The summed E-state index contributed by atoms with van der Waals surface area (Å²) in [5.41, 5.74) is 1.69. The second-order valence-corrected chi connectivity index (χ2v) is 5.06. The maximum atomic E-state index is 12.2. The Morgan fingerprint density at radius 3 is 2.76 bits per heavy atom. The average molecular weight is 285 g/mol. The zero-order valence-corrected chi connectivity index (χ0v) is 12.3. The minimum Gasteiger partial charge on any atom is -0.495 e. The number of methoxy groups -OCH3 is 1. The first-order valence-electron chi connectivity index (χ1n) is 6.96. The molecule has 1 aliphatic heterocycles. The number of nitrogens with one attached hydrogen (secondary N) is 1. The van der Waals surface area contributed by atoms with Crippen LogP contribution in [-0.4, -0.2) is 31.0 Å². The molecule has 1 fully saturated rings. The molecule has 1 N–H and O–H groups in total. The molecule has 0 radical (unpaired) electrons. The van der Waals surface area contributed by atoms with E-state index in [4.69, 9.17) is 4.74 Å². The number of hydrogen-bond donors (Lipinski definition) is 1. The highest BCUT2D eigenvalue weighted by atomic mass is 16.5. The van der Waals surface area contributed by atoms with E-state index < -0.39 is 5.91 Å². The lowest BCUT2D eigenvalue weighted by Gasteiger charge is -2.13. The van der Waals surface area contributed by atoms with E-state index in [0.717, 1.165) is 31.5 Å². The van der Waals surface area contributed by atoms with Crippen LogP contribution in [0.15, 0.2) is 30.0 Å². The molecule has 2 rings (SSSR count). The second kappa shape index (κ2) is 6.80. The smallest absolute Gasteiger partial charge is 0.267 e. The van der Waals surface area contributed by atoms with Crippen LogP contribution in [0.1, 0.15) is 18.4 Å². The van der Waals surface area contributed by atoms with Crippen LogP contribution in [0.2, 0.25) is 0 Å². The van der Waals surface area contributed by atoms with Gasteiger partial charge in [-0.05, 0) is 37.5 Å². The highest BCUT2D eigenvalue weighted by molar-refractivity contribution is 6.07. The van der Waals surface area contributed by atoms with Gasteiger partial charge in [-0.3, -0.25) is 4.79 Å². The van der Waals surface area contributed by atoms with Crippen molar-refractivity contribution in [3.05, 3.63) is 35.5 Å². The molecule has 1 saturated heterocycles. The number of rotatable bonds is 4. The Morgan fingerprint density at radius 2 is 2.14 bits per heavy atom. The average Bonchev–Trinajstić information content (AvgIpc) is 2.98. The quantitative estimate of drug-likeness (QED) is 0.681. The summed E-state index contributed by atoms with van der Waals surface area (Å²) in [6, 6.07) is 7.48. The molecule has 0 aliphatic carbocycles. The number of likely N-dealkylation sites (tertiary alicyclic amines) is 1. The Labute approximate surface area is 124 Å². The van der Waals surface area contributed by atoms with Crippen molar-refractivity contribution >= 4 is 11.6 Å². The first kappa shape index (κ1) is 14.9. The Bertz CT molecular complexity index is 596. The monoisotopic (exact) mass is 285 g/mol. The molecule has 0 aromatic heterocycles. The molecule has 5 heteroatoms. The van der Waals surface area contributed by atoms with Crippen molar-refractivity contribution in [3.8, 4) is 11.8 Å². The first-order valence-corrected chi connectivity index (χ1v) is 6.96. The van der Waals surface area contributed by atoms with Gasteiger partial charge in [0.25, 0.3) is 5.91 Å². The van der Waals surface area contributed by atoms with Crippen molar-refractivity contribution in [2.75, 3.05) is 25.5 Å². The van der Waals surface area contributed by atoms with E-state index in [1.54, 1.807) is 19.4 Å². The van der Waals surface area contributed by atoms with Crippen LogP contribution < -0.4 is 10.1 Å². The zero-order valence-electron chi connectivity index (χ0n) is 12.3. The fourth-order valence-electron chi connectivity index (χ4n) is 2.30. The van der Waals surface area contributed by atoms with Gasteiger partial charge in [0.05, 0.1) is 12.8 Å². The zero-order chi connectivity index (χ0) is 15.2. The Morgan fingerprint density at radius 1 is 1.43 bits per heavy atom. The number of ether oxygens (including phenoxy) is 1. The van der Waals surface area contributed by atoms with Crippen LogP contribution in [0.5, 0.6) is 5.75 Å². The van der Waals surface area contributed by atoms with E-state index in [1.165, 1.54) is 0 Å². The lowest BCUT2D eigenvalue weighted by molar-refractivity contribution is -0.112. The van der Waals surface area contributed by atoms with Gasteiger partial charge >= 0.3 is 0 Å². The predicted molar refractivity (Wildman–Crippen MR) is 80.9 cm³/mol. The Hall–Kier alpha value is -2.48. The van der Waals surface area contributed by atoms with Crippen molar-refractivity contribution < 1.29 is 9.53 Å². The van der Waals surface area contributed by atoms with E-state index in [2.05, 4.69) is 5.32 Å². The van der Waals surface area contributed by atoms with Gasteiger partial charge in [0.15, 0.2) is 0 Å². The van der Waals surface area contributed by atoms with Gasteiger partial charge < -0.3 is 15.0 Å². The maximum Gasteiger partial charge on any atom is 0.267 e. The third-order valence-electron chi connectivity index (χ3n) is 3.42. The maximum absolute atomic E-state index is 12.2. The highest BCUT2D eigenvalue weighted by Gasteiger charge is 2.15. The molecule has 1 amide bonds. The number of nitrogens with zero attached hydrogens (tertiary/aromatic N) is 2. The van der Waals surface area contributed by atoms with Gasteiger partial charge in [0.1, 0.15) is 17.4 Å². The minimum absolute atomic E-state index is 0.112. The number of nitriles is 1. The van der Waals surface area contributed by atoms with Gasteiger partial charge in [-0.2, -0.15) is 5.26 Å². The number of anilines is 1. The SMILES string of the molecule is COc1ccc(C)cc1NC(=O)/C(C#N)=C\N1CCCC1. The van der Waals surface area contributed by atoms with Gasteiger partial charge in [0.2, 0.25) is 0 Å². The number of hydrogen-bond acceptors (Lipinski definition) is 4. The summed E-state index contributed by atoms with van der Waals surface area (Å²) in [5, 5.41) is 11.9. The largest absolute Gasteiger partial charge is 0.495 e. The molecule has 1 aromatic carbocycles. The van der Waals surface area contributed by atoms with Gasteiger partial charge in [-0.15, -0.1) is 0 Å². The summed E-state index contributed by atoms with van der Waals surface area (Å²) in [7, 11) is 1.55. The molecule has 0 saturated carbocycles. The lowest BCUT2D eigenvalue weighted by atomic mass is 10.2. The highest BCUT2D eigenvalue weighted by Crippen LogP contribution is 2.25. The predicted octanol–water partition coefficient (Wildman–Crippen LogP) is 2.45. The van der Waals surface area contributed by atoms with Crippen molar-refractivity contribution in [2.45, 2.75) is 19.8 Å². The van der Waals surface area contributed by atoms with Gasteiger partial charge in [-0.1, -0.05) is 6.07 Å². The van der Waals surface area contributed by atoms with Crippen molar-refractivity contribution in [1.29, 1.82) is 5.26 Å². The van der Waals surface area contributed by atoms with Crippen molar-refractivity contribution in [2.24, 2.45) is 0 Å². The third-order valence-corrected chi connectivity index (χ3v) is 3.42. The number of carbonyl (C=O) groups is 1. The number of carbonyl (C=O) groups excluding carboxylic acids is 1. The molecule has 0 unspecified atom stereocenters. The standard InChI is InChI=1S/C16H19N3O2/c1-12-5-6-15(21-2)14(9-12)18-16(20)13(10-17)11-19-7-3-4-8-19/h5-6,9,11H,3-4,7-8H2,1-2H3,(H,18,20)/b13-11-. The Kier molecular flexibility index (Phi) is 4.83. The van der Waals surface area contributed by atoms with Crippen LogP contribution in [-0.2, 0) is 4.79 Å². The number of amides is 1. The molecule has 0 spiro atoms. The molecule has 5 nitrogen and oxygen atoms in total. The van der Waals surface area contributed by atoms with E-state index in [0.29, 0.717) is 11.4 Å². The van der Waals surface area contributed by atoms with Gasteiger partial charge in [0, 0.05) is 19.3 Å². The molecule has 21 heavy (non-hydrogen) atoms. The summed E-state index contributed by atoms with van der Waals surface area (Å²) in [6.45, 7) is 3.72. The first-order chi connectivity index (χ1) is 10.1. The number of benzene rings is 1. The molecule has 1 heterocycles.